The lowest BCUT2D eigenvalue weighted by atomic mass is 10.2. The molecule has 0 spiro atoms. The van der Waals surface area contributed by atoms with E-state index in [1.807, 2.05) is 0 Å². The summed E-state index contributed by atoms with van der Waals surface area (Å²) in [7, 11) is 0. The van der Waals surface area contributed by atoms with Crippen LogP contribution in [0.4, 0.5) is 0 Å². The Hall–Kier alpha value is -1.76. The van der Waals surface area contributed by atoms with Gasteiger partial charge < -0.3 is 15.6 Å². The van der Waals surface area contributed by atoms with E-state index in [0.29, 0.717) is 0 Å². The highest BCUT2D eigenvalue weighted by Crippen LogP contribution is 1.95. The molecule has 0 heterocycles. The molecule has 3 N–H and O–H groups in total. The van der Waals surface area contributed by atoms with Crippen molar-refractivity contribution in [1.82, 2.24) is 0 Å². The molecular weight excluding hydrogens is 206 g/mol. The van der Waals surface area contributed by atoms with Gasteiger partial charge >= 0.3 is 17.9 Å². The van der Waals surface area contributed by atoms with E-state index in [1.54, 1.807) is 0 Å². The summed E-state index contributed by atoms with van der Waals surface area (Å²) in [4.78, 5) is 42.4. The average Bonchev–Trinajstić information content (AvgIpc) is 2.14. The molecule has 0 aliphatic rings. The van der Waals surface area contributed by atoms with Gasteiger partial charge in [0.15, 0.2) is 0 Å². The van der Waals surface area contributed by atoms with E-state index >= 15 is 0 Å². The highest BCUT2D eigenvalue weighted by Gasteiger charge is 2.19. The third-order valence-corrected chi connectivity index (χ3v) is 1.35. The van der Waals surface area contributed by atoms with E-state index in [-0.39, 0.29) is 13.0 Å². The molecule has 0 atom stereocenters. The summed E-state index contributed by atoms with van der Waals surface area (Å²) in [5.74, 6) is -4.48. The summed E-state index contributed by atoms with van der Waals surface area (Å²) >= 11 is 0. The lowest BCUT2D eigenvalue weighted by Gasteiger charge is -1.99. The maximum absolute atomic E-state index is 10.9. The molecule has 0 aromatic rings. The Balaban J connectivity index is 3.94. The third-order valence-electron chi connectivity index (χ3n) is 1.35. The molecule has 0 aromatic carbocycles. The van der Waals surface area contributed by atoms with Crippen molar-refractivity contribution < 1.29 is 29.0 Å². The number of ketones is 1. The number of rotatable bonds is 6. The lowest BCUT2D eigenvalue weighted by molar-refractivity contribution is -0.164. The second-order valence-electron chi connectivity index (χ2n) is 2.62. The van der Waals surface area contributed by atoms with Gasteiger partial charge in [0.05, 0.1) is 12.8 Å². The molecule has 0 bridgehead atoms. The van der Waals surface area contributed by atoms with E-state index in [4.69, 9.17) is 10.8 Å². The summed E-state index contributed by atoms with van der Waals surface area (Å²) in [6.45, 7) is 0.00935. The van der Waals surface area contributed by atoms with Crippen molar-refractivity contribution >= 4 is 23.7 Å². The van der Waals surface area contributed by atoms with Crippen LogP contribution in [-0.4, -0.2) is 35.3 Å². The molecule has 7 nitrogen and oxygen atoms in total. The molecule has 0 aliphatic carbocycles. The summed E-state index contributed by atoms with van der Waals surface area (Å²) in [5, 5.41) is 8.22. The molecule has 0 rings (SSSR count). The normalized spacial score (nSPS) is 9.40. The minimum Gasteiger partial charge on any atom is -0.481 e. The van der Waals surface area contributed by atoms with Crippen molar-refractivity contribution in [3.05, 3.63) is 0 Å². The third kappa shape index (κ3) is 6.33. The zero-order chi connectivity index (χ0) is 11.8. The molecule has 0 unspecified atom stereocenters. The Kier molecular flexibility index (Phi) is 5.88. The Labute approximate surface area is 85.2 Å². The van der Waals surface area contributed by atoms with Crippen LogP contribution in [0.25, 0.3) is 0 Å². The van der Waals surface area contributed by atoms with Crippen LogP contribution in [-0.2, 0) is 23.9 Å². The first-order chi connectivity index (χ1) is 6.97. The number of carboxylic acid groups (broad SMARTS) is 1. The van der Waals surface area contributed by atoms with Gasteiger partial charge in [-0.3, -0.25) is 14.4 Å². The van der Waals surface area contributed by atoms with Crippen molar-refractivity contribution in [2.75, 3.05) is 6.54 Å². The second kappa shape index (κ2) is 6.66. The molecule has 0 amide bonds. The molecule has 0 aliphatic heterocycles. The molecule has 15 heavy (non-hydrogen) atoms. The number of esters is 2. The number of Topliss-reactive ketones (excluding diaryl/α,β-unsaturated/α-hetero) is 1. The summed E-state index contributed by atoms with van der Waals surface area (Å²) in [6.07, 6.45) is -1.12. The number of nitrogens with two attached hydrogens (primary N) is 1. The SMILES string of the molecule is NCCC(=O)OC(=O)C(=O)CCC(=O)O. The number of ether oxygens (including phenoxy) is 1. The van der Waals surface area contributed by atoms with Gasteiger partial charge in [0.1, 0.15) is 0 Å². The zero-order valence-electron chi connectivity index (χ0n) is 7.89. The second-order valence-corrected chi connectivity index (χ2v) is 2.62. The fraction of sp³-hybridized carbons (Fsp3) is 0.500. The molecule has 7 heteroatoms. The van der Waals surface area contributed by atoms with Gasteiger partial charge in [-0.15, -0.1) is 0 Å². The van der Waals surface area contributed by atoms with Crippen LogP contribution < -0.4 is 5.73 Å². The van der Waals surface area contributed by atoms with Gasteiger partial charge in [-0.05, 0) is 0 Å². The molecular formula is C8H11NO6. The maximum Gasteiger partial charge on any atom is 0.382 e. The van der Waals surface area contributed by atoms with E-state index in [9.17, 15) is 19.2 Å². The first-order valence-corrected chi connectivity index (χ1v) is 4.17. The monoisotopic (exact) mass is 217 g/mol. The van der Waals surface area contributed by atoms with Crippen molar-refractivity contribution in [2.24, 2.45) is 5.73 Å². The van der Waals surface area contributed by atoms with Crippen LogP contribution in [0.2, 0.25) is 0 Å². The van der Waals surface area contributed by atoms with Crippen molar-refractivity contribution in [1.29, 1.82) is 0 Å². The van der Waals surface area contributed by atoms with Crippen molar-refractivity contribution in [2.45, 2.75) is 19.3 Å². The van der Waals surface area contributed by atoms with Crippen LogP contribution in [0.1, 0.15) is 19.3 Å². The first kappa shape index (κ1) is 13.2. The molecule has 84 valence electrons. The van der Waals surface area contributed by atoms with Crippen molar-refractivity contribution in [3.8, 4) is 0 Å². The van der Waals surface area contributed by atoms with Gasteiger partial charge in [-0.25, -0.2) is 4.79 Å². The number of carboxylic acids is 1. The fourth-order valence-corrected chi connectivity index (χ4v) is 0.652. The minimum absolute atomic E-state index is 0.00935. The highest BCUT2D eigenvalue weighted by molar-refractivity contribution is 6.35. The average molecular weight is 217 g/mol. The quantitative estimate of drug-likeness (QED) is 0.326. The highest BCUT2D eigenvalue weighted by atomic mass is 16.6. The van der Waals surface area contributed by atoms with Gasteiger partial charge in [-0.2, -0.15) is 0 Å². The number of carbonyl (C=O) groups is 4. The maximum atomic E-state index is 10.9. The van der Waals surface area contributed by atoms with Crippen LogP contribution >= 0.6 is 0 Å². The first-order valence-electron chi connectivity index (χ1n) is 4.17. The minimum atomic E-state index is -1.34. The zero-order valence-corrected chi connectivity index (χ0v) is 7.89. The molecule has 0 saturated carbocycles. The molecule has 0 saturated heterocycles. The Bertz CT molecular complexity index is 285. The van der Waals surface area contributed by atoms with Gasteiger partial charge in [0.2, 0.25) is 5.78 Å². The Morgan fingerprint density at radius 1 is 1.07 bits per heavy atom. The van der Waals surface area contributed by atoms with Crippen LogP contribution in [0.3, 0.4) is 0 Å². The van der Waals surface area contributed by atoms with Gasteiger partial charge in [0, 0.05) is 13.0 Å². The number of carbonyl (C=O) groups excluding carboxylic acids is 3. The predicted octanol–water partition coefficient (Wildman–Crippen LogP) is -1.16. The summed E-state index contributed by atoms with van der Waals surface area (Å²) < 4.78 is 4.08. The van der Waals surface area contributed by atoms with Crippen LogP contribution in [0.15, 0.2) is 0 Å². The van der Waals surface area contributed by atoms with E-state index in [1.165, 1.54) is 0 Å². The topological polar surface area (TPSA) is 124 Å². The van der Waals surface area contributed by atoms with Gasteiger partial charge in [0.25, 0.3) is 0 Å². The van der Waals surface area contributed by atoms with Crippen molar-refractivity contribution in [3.63, 3.8) is 0 Å². The molecule has 0 fully saturated rings. The van der Waals surface area contributed by atoms with E-state index < -0.39 is 36.5 Å². The van der Waals surface area contributed by atoms with Crippen LogP contribution in [0.5, 0.6) is 0 Å². The molecule has 0 radical (unpaired) electrons. The predicted molar refractivity (Wildman–Crippen MR) is 46.6 cm³/mol. The van der Waals surface area contributed by atoms with Crippen LogP contribution in [0, 0.1) is 0 Å². The van der Waals surface area contributed by atoms with E-state index in [2.05, 4.69) is 4.74 Å². The molecule has 0 aromatic heterocycles. The Morgan fingerprint density at radius 3 is 2.13 bits per heavy atom. The van der Waals surface area contributed by atoms with E-state index in [0.717, 1.165) is 0 Å². The largest absolute Gasteiger partial charge is 0.481 e. The number of hydrogen-bond acceptors (Lipinski definition) is 6. The smallest absolute Gasteiger partial charge is 0.382 e. The summed E-state index contributed by atoms with van der Waals surface area (Å²) in [6, 6.07) is 0. The standard InChI is InChI=1S/C8H11NO6/c9-4-3-7(13)15-8(14)5(10)1-2-6(11)12/h1-4,9H2,(H,11,12). The summed E-state index contributed by atoms with van der Waals surface area (Å²) in [5.41, 5.74) is 5.00. The Morgan fingerprint density at radius 2 is 1.67 bits per heavy atom. The van der Waals surface area contributed by atoms with Gasteiger partial charge in [-0.1, -0.05) is 0 Å². The number of aliphatic carboxylic acids is 1. The fourth-order valence-electron chi connectivity index (χ4n) is 0.652. The lowest BCUT2D eigenvalue weighted by Crippen LogP contribution is -2.23. The number of hydrogen-bond donors (Lipinski definition) is 2.